The first-order valence-electron chi connectivity index (χ1n) is 5.90. The van der Waals surface area contributed by atoms with Crippen molar-refractivity contribution in [3.63, 3.8) is 0 Å². The van der Waals surface area contributed by atoms with Gasteiger partial charge in [-0.3, -0.25) is 0 Å². The maximum absolute atomic E-state index is 5.75. The molecule has 1 aliphatic rings. The van der Waals surface area contributed by atoms with E-state index in [0.717, 1.165) is 6.42 Å². The Hall–Kier alpha value is -1.34. The van der Waals surface area contributed by atoms with Crippen molar-refractivity contribution in [2.24, 2.45) is 0 Å². The Morgan fingerprint density at radius 2 is 2.06 bits per heavy atom. The van der Waals surface area contributed by atoms with E-state index in [9.17, 15) is 0 Å². The molecule has 0 N–H and O–H groups in total. The highest BCUT2D eigenvalue weighted by molar-refractivity contribution is 5.34. The van der Waals surface area contributed by atoms with Crippen LogP contribution < -0.4 is 0 Å². The molecular weight excluding hydrogens is 196 g/mol. The Bertz CT molecular complexity index is 389. The van der Waals surface area contributed by atoms with Crippen molar-refractivity contribution in [2.45, 2.75) is 32.5 Å². The molecule has 1 heterocycles. The predicted octanol–water partition coefficient (Wildman–Crippen LogP) is 4.04. The SMILES string of the molecule is CC=CC(=CCC)C1OC1c1ccccc1. The molecule has 0 saturated carbocycles. The van der Waals surface area contributed by atoms with Gasteiger partial charge in [0.1, 0.15) is 12.2 Å². The Kier molecular flexibility index (Phi) is 3.58. The summed E-state index contributed by atoms with van der Waals surface area (Å²) in [5, 5.41) is 0. The van der Waals surface area contributed by atoms with Crippen molar-refractivity contribution in [3.05, 3.63) is 59.7 Å². The lowest BCUT2D eigenvalue weighted by atomic mass is 10.0. The number of rotatable bonds is 4. The maximum Gasteiger partial charge on any atom is 0.114 e. The summed E-state index contributed by atoms with van der Waals surface area (Å²) in [5.41, 5.74) is 2.58. The Labute approximate surface area is 97.4 Å². The van der Waals surface area contributed by atoms with Gasteiger partial charge in [0.2, 0.25) is 0 Å². The quantitative estimate of drug-likeness (QED) is 0.544. The van der Waals surface area contributed by atoms with Gasteiger partial charge >= 0.3 is 0 Å². The standard InChI is InChI=1S/C15H18O/c1-3-8-12(9-4-2)14-15(16-14)13-10-6-5-7-11-13/h3,5-11,14-15H,4H2,1-2H3. The van der Waals surface area contributed by atoms with Crippen LogP contribution in [0.5, 0.6) is 0 Å². The van der Waals surface area contributed by atoms with Gasteiger partial charge in [-0.1, -0.05) is 55.5 Å². The van der Waals surface area contributed by atoms with Crippen LogP contribution in [0, 0.1) is 0 Å². The van der Waals surface area contributed by atoms with Crippen LogP contribution in [-0.4, -0.2) is 6.10 Å². The minimum atomic E-state index is 0.259. The first-order chi connectivity index (χ1) is 7.86. The normalized spacial score (nSPS) is 25.0. The van der Waals surface area contributed by atoms with E-state index in [0.29, 0.717) is 0 Å². The molecule has 1 fully saturated rings. The summed E-state index contributed by atoms with van der Waals surface area (Å²) in [5.74, 6) is 0. The van der Waals surface area contributed by atoms with E-state index in [1.807, 2.05) is 13.0 Å². The summed E-state index contributed by atoms with van der Waals surface area (Å²) < 4.78 is 5.75. The molecule has 0 amide bonds. The minimum Gasteiger partial charge on any atom is -0.359 e. The van der Waals surface area contributed by atoms with E-state index in [2.05, 4.69) is 49.4 Å². The van der Waals surface area contributed by atoms with Gasteiger partial charge in [0.15, 0.2) is 0 Å². The topological polar surface area (TPSA) is 12.5 Å². The fraction of sp³-hybridized carbons (Fsp3) is 0.333. The lowest BCUT2D eigenvalue weighted by molar-refractivity contribution is 0.390. The van der Waals surface area contributed by atoms with E-state index in [1.54, 1.807) is 0 Å². The largest absolute Gasteiger partial charge is 0.359 e. The van der Waals surface area contributed by atoms with E-state index in [1.165, 1.54) is 11.1 Å². The van der Waals surface area contributed by atoms with Crippen molar-refractivity contribution in [1.82, 2.24) is 0 Å². The van der Waals surface area contributed by atoms with Crippen LogP contribution in [0.15, 0.2) is 54.1 Å². The molecule has 2 unspecified atom stereocenters. The fourth-order valence-electron chi connectivity index (χ4n) is 1.97. The molecule has 1 nitrogen and oxygen atoms in total. The van der Waals surface area contributed by atoms with Crippen LogP contribution in [0.25, 0.3) is 0 Å². The monoisotopic (exact) mass is 214 g/mol. The number of allylic oxidation sites excluding steroid dienone is 2. The van der Waals surface area contributed by atoms with Crippen LogP contribution in [0.1, 0.15) is 31.9 Å². The summed E-state index contributed by atoms with van der Waals surface area (Å²) in [6, 6.07) is 10.4. The summed E-state index contributed by atoms with van der Waals surface area (Å²) in [6.07, 6.45) is 8.05. The molecule has 16 heavy (non-hydrogen) atoms. The third kappa shape index (κ3) is 2.42. The van der Waals surface area contributed by atoms with Crippen molar-refractivity contribution in [3.8, 4) is 0 Å². The van der Waals surface area contributed by atoms with E-state index in [4.69, 9.17) is 4.74 Å². The number of hydrogen-bond acceptors (Lipinski definition) is 1. The van der Waals surface area contributed by atoms with Gasteiger partial charge in [-0.2, -0.15) is 0 Å². The average molecular weight is 214 g/mol. The van der Waals surface area contributed by atoms with Gasteiger partial charge in [0.05, 0.1) is 0 Å². The van der Waals surface area contributed by atoms with Crippen molar-refractivity contribution in [2.75, 3.05) is 0 Å². The second-order valence-corrected chi connectivity index (χ2v) is 4.00. The van der Waals surface area contributed by atoms with Gasteiger partial charge in [-0.15, -0.1) is 0 Å². The fourth-order valence-corrected chi connectivity index (χ4v) is 1.97. The molecule has 1 aromatic carbocycles. The Balaban J connectivity index is 2.08. The summed E-state index contributed by atoms with van der Waals surface area (Å²) in [4.78, 5) is 0. The summed E-state index contributed by atoms with van der Waals surface area (Å²) in [6.45, 7) is 4.20. The highest BCUT2D eigenvalue weighted by atomic mass is 16.6. The van der Waals surface area contributed by atoms with Gasteiger partial charge in [-0.05, 0) is 24.5 Å². The zero-order valence-electron chi connectivity index (χ0n) is 9.89. The number of epoxide rings is 1. The summed E-state index contributed by atoms with van der Waals surface area (Å²) >= 11 is 0. The van der Waals surface area contributed by atoms with E-state index >= 15 is 0 Å². The molecule has 2 rings (SSSR count). The predicted molar refractivity (Wildman–Crippen MR) is 67.2 cm³/mol. The molecule has 0 aromatic heterocycles. The molecule has 0 aliphatic carbocycles. The van der Waals surface area contributed by atoms with Crippen molar-refractivity contribution in [1.29, 1.82) is 0 Å². The summed E-state index contributed by atoms with van der Waals surface area (Å²) in [7, 11) is 0. The number of hydrogen-bond donors (Lipinski definition) is 0. The molecule has 0 bridgehead atoms. The lowest BCUT2D eigenvalue weighted by Gasteiger charge is -1.97. The van der Waals surface area contributed by atoms with E-state index < -0.39 is 0 Å². The zero-order chi connectivity index (χ0) is 11.4. The minimum absolute atomic E-state index is 0.259. The van der Waals surface area contributed by atoms with Gasteiger partial charge < -0.3 is 4.74 Å². The highest BCUT2D eigenvalue weighted by Crippen LogP contribution is 2.43. The lowest BCUT2D eigenvalue weighted by Crippen LogP contribution is -1.92. The Morgan fingerprint density at radius 1 is 1.31 bits per heavy atom. The van der Waals surface area contributed by atoms with Crippen LogP contribution in [0.4, 0.5) is 0 Å². The third-order valence-corrected chi connectivity index (χ3v) is 2.75. The highest BCUT2D eigenvalue weighted by Gasteiger charge is 2.41. The van der Waals surface area contributed by atoms with Gasteiger partial charge in [-0.25, -0.2) is 0 Å². The Morgan fingerprint density at radius 3 is 2.69 bits per heavy atom. The molecule has 1 aliphatic heterocycles. The zero-order valence-corrected chi connectivity index (χ0v) is 9.89. The first-order valence-corrected chi connectivity index (χ1v) is 5.90. The second-order valence-electron chi connectivity index (χ2n) is 4.00. The van der Waals surface area contributed by atoms with Crippen LogP contribution >= 0.6 is 0 Å². The first kappa shape index (κ1) is 11.2. The molecule has 84 valence electrons. The van der Waals surface area contributed by atoms with Gasteiger partial charge in [0, 0.05) is 0 Å². The molecule has 1 aromatic rings. The maximum atomic E-state index is 5.75. The molecule has 2 atom stereocenters. The van der Waals surface area contributed by atoms with Gasteiger partial charge in [0.25, 0.3) is 0 Å². The molecular formula is C15H18O. The number of benzene rings is 1. The van der Waals surface area contributed by atoms with Crippen molar-refractivity contribution >= 4 is 0 Å². The molecule has 0 spiro atoms. The van der Waals surface area contributed by atoms with Crippen molar-refractivity contribution < 1.29 is 4.74 Å². The second kappa shape index (κ2) is 5.13. The smallest absolute Gasteiger partial charge is 0.114 e. The number of ether oxygens (including phenoxy) is 1. The van der Waals surface area contributed by atoms with E-state index in [-0.39, 0.29) is 12.2 Å². The van der Waals surface area contributed by atoms with Crippen LogP contribution in [0.3, 0.4) is 0 Å². The average Bonchev–Trinajstić information content (AvgIpc) is 3.10. The van der Waals surface area contributed by atoms with Crippen LogP contribution in [-0.2, 0) is 4.74 Å². The molecule has 1 saturated heterocycles. The third-order valence-electron chi connectivity index (χ3n) is 2.75. The van der Waals surface area contributed by atoms with Crippen LogP contribution in [0.2, 0.25) is 0 Å². The molecule has 0 radical (unpaired) electrons. The molecule has 1 heteroatoms.